The average Bonchev–Trinajstić information content (AvgIpc) is 2.77. The third-order valence-electron chi connectivity index (χ3n) is 4.32. The summed E-state index contributed by atoms with van der Waals surface area (Å²) < 4.78 is 4.74. The number of aromatic nitrogens is 3. The summed E-state index contributed by atoms with van der Waals surface area (Å²) in [5, 5.41) is 3.31. The molecule has 3 aromatic rings. The number of benzene rings is 1. The lowest BCUT2D eigenvalue weighted by Gasteiger charge is -2.11. The van der Waals surface area contributed by atoms with Crippen molar-refractivity contribution in [3.63, 3.8) is 0 Å². The lowest BCUT2D eigenvalue weighted by molar-refractivity contribution is 0.0601. The maximum Gasteiger partial charge on any atom is 0.340 e. The Hall–Kier alpha value is -3.14. The third-order valence-corrected chi connectivity index (χ3v) is 4.91. The Morgan fingerprint density at radius 3 is 2.43 bits per heavy atom. The zero-order valence-corrected chi connectivity index (χ0v) is 18.1. The van der Waals surface area contributed by atoms with E-state index in [2.05, 4.69) is 32.1 Å². The van der Waals surface area contributed by atoms with E-state index in [-0.39, 0.29) is 15.6 Å². The number of halogens is 2. The molecule has 0 atom stereocenters. The van der Waals surface area contributed by atoms with Crippen molar-refractivity contribution in [1.82, 2.24) is 15.0 Å². The van der Waals surface area contributed by atoms with Crippen molar-refractivity contribution < 1.29 is 9.53 Å². The monoisotopic (exact) mass is 440 g/mol. The van der Waals surface area contributed by atoms with Crippen LogP contribution in [0, 0.1) is 11.8 Å². The molecule has 0 amide bonds. The Balaban J connectivity index is 2.11. The van der Waals surface area contributed by atoms with Crippen molar-refractivity contribution in [2.45, 2.75) is 13.3 Å². The molecule has 0 radical (unpaired) electrons. The summed E-state index contributed by atoms with van der Waals surface area (Å²) in [4.78, 5) is 24.9. The van der Waals surface area contributed by atoms with E-state index in [1.54, 1.807) is 25.4 Å². The number of aryl methyl sites for hydroxylation is 1. The summed E-state index contributed by atoms with van der Waals surface area (Å²) >= 11 is 12.6. The molecule has 2 aromatic heterocycles. The highest BCUT2D eigenvalue weighted by molar-refractivity contribution is 6.39. The Bertz CT molecular complexity index is 1130. The molecule has 2 heterocycles. The minimum absolute atomic E-state index is 0.109. The molecular formula is C22H18Cl2N4O2. The predicted molar refractivity (Wildman–Crippen MR) is 118 cm³/mol. The topological polar surface area (TPSA) is 77.0 Å². The number of rotatable bonds is 4. The van der Waals surface area contributed by atoms with Crippen molar-refractivity contribution in [3.8, 4) is 23.1 Å². The fourth-order valence-corrected chi connectivity index (χ4v) is 3.44. The van der Waals surface area contributed by atoms with Gasteiger partial charge in [-0.05, 0) is 30.7 Å². The Kier molecular flexibility index (Phi) is 6.88. The number of hydrogen-bond donors (Lipinski definition) is 1. The maximum atomic E-state index is 11.9. The third kappa shape index (κ3) is 4.54. The smallest absolute Gasteiger partial charge is 0.340 e. The minimum Gasteiger partial charge on any atom is -0.465 e. The standard InChI is InChI=1S/C22H18Cl2N4O2/c1-4-18-15(7-5-13-6-8-19(25-2)26-11-13)21(28-12-27-18)14-9-16(23)20(17(24)10-14)22(29)30-3/h6,8-12H,4H2,1-3H3,(H,25,26). The van der Waals surface area contributed by atoms with Gasteiger partial charge in [0.1, 0.15) is 12.1 Å². The largest absolute Gasteiger partial charge is 0.465 e. The van der Waals surface area contributed by atoms with Gasteiger partial charge in [0, 0.05) is 24.4 Å². The number of hydrogen-bond acceptors (Lipinski definition) is 6. The number of carbonyl (C=O) groups is 1. The molecule has 0 aliphatic rings. The number of carbonyl (C=O) groups excluding carboxylic acids is 1. The zero-order chi connectivity index (χ0) is 21.7. The molecule has 0 aliphatic heterocycles. The highest BCUT2D eigenvalue weighted by atomic mass is 35.5. The SMILES string of the molecule is CCc1ncnc(-c2cc(Cl)c(C(=O)OC)c(Cl)c2)c1C#Cc1ccc(NC)nc1. The van der Waals surface area contributed by atoms with Gasteiger partial charge >= 0.3 is 5.97 Å². The maximum absolute atomic E-state index is 11.9. The number of nitrogens with zero attached hydrogens (tertiary/aromatic N) is 3. The number of methoxy groups -OCH3 is 1. The first-order chi connectivity index (χ1) is 14.5. The summed E-state index contributed by atoms with van der Waals surface area (Å²) in [7, 11) is 3.07. The second kappa shape index (κ2) is 9.57. The molecule has 3 rings (SSSR count). The van der Waals surface area contributed by atoms with E-state index in [1.165, 1.54) is 13.4 Å². The molecule has 0 saturated heterocycles. The van der Waals surface area contributed by atoms with E-state index >= 15 is 0 Å². The lowest BCUT2D eigenvalue weighted by Crippen LogP contribution is -2.04. The number of anilines is 1. The van der Waals surface area contributed by atoms with Gasteiger partial charge < -0.3 is 10.1 Å². The van der Waals surface area contributed by atoms with Gasteiger partial charge in [0.15, 0.2) is 0 Å². The zero-order valence-electron chi connectivity index (χ0n) is 16.6. The van der Waals surface area contributed by atoms with Gasteiger partial charge in [0.25, 0.3) is 0 Å². The van der Waals surface area contributed by atoms with E-state index < -0.39 is 5.97 Å². The second-order valence-corrected chi connectivity index (χ2v) is 6.95. The molecule has 30 heavy (non-hydrogen) atoms. The summed E-state index contributed by atoms with van der Waals surface area (Å²) in [6, 6.07) is 6.96. The van der Waals surface area contributed by atoms with Gasteiger partial charge in [-0.1, -0.05) is 42.0 Å². The van der Waals surface area contributed by atoms with E-state index in [0.717, 1.165) is 17.1 Å². The van der Waals surface area contributed by atoms with Crippen LogP contribution in [0.15, 0.2) is 36.8 Å². The summed E-state index contributed by atoms with van der Waals surface area (Å²) in [6.45, 7) is 1.99. The first-order valence-corrected chi connectivity index (χ1v) is 9.81. The molecule has 0 bridgehead atoms. The average molecular weight is 441 g/mol. The first-order valence-electron chi connectivity index (χ1n) is 9.05. The summed E-state index contributed by atoms with van der Waals surface area (Å²) in [6.07, 6.45) is 3.82. The van der Waals surface area contributed by atoms with Gasteiger partial charge in [0.2, 0.25) is 0 Å². The van der Waals surface area contributed by atoms with E-state index in [0.29, 0.717) is 23.2 Å². The fraction of sp³-hybridized carbons (Fsp3) is 0.182. The first kappa shape index (κ1) is 21.6. The van der Waals surface area contributed by atoms with Gasteiger partial charge in [-0.2, -0.15) is 0 Å². The summed E-state index contributed by atoms with van der Waals surface area (Å²) in [5.74, 6) is 6.42. The van der Waals surface area contributed by atoms with E-state index in [4.69, 9.17) is 27.9 Å². The van der Waals surface area contributed by atoms with E-state index in [1.807, 2.05) is 19.1 Å². The molecule has 0 fully saturated rings. The molecule has 0 unspecified atom stereocenters. The normalized spacial score (nSPS) is 10.2. The van der Waals surface area contributed by atoms with E-state index in [9.17, 15) is 4.79 Å². The molecule has 0 aliphatic carbocycles. The van der Waals surface area contributed by atoms with Crippen LogP contribution in [0.25, 0.3) is 11.3 Å². The number of pyridine rings is 1. The van der Waals surface area contributed by atoms with Crippen LogP contribution in [-0.2, 0) is 11.2 Å². The summed E-state index contributed by atoms with van der Waals surface area (Å²) in [5.41, 5.74) is 3.52. The Morgan fingerprint density at radius 1 is 1.13 bits per heavy atom. The molecule has 8 heteroatoms. The van der Waals surface area contributed by atoms with Crippen LogP contribution in [0.2, 0.25) is 10.0 Å². The van der Waals surface area contributed by atoms with Crippen molar-refractivity contribution in [2.24, 2.45) is 0 Å². The Morgan fingerprint density at radius 2 is 1.87 bits per heavy atom. The van der Waals surface area contributed by atoms with Crippen LogP contribution in [-0.4, -0.2) is 35.1 Å². The molecule has 1 aromatic carbocycles. The molecular weight excluding hydrogens is 423 g/mol. The highest BCUT2D eigenvalue weighted by Crippen LogP contribution is 2.33. The van der Waals surface area contributed by atoms with Crippen LogP contribution in [0.3, 0.4) is 0 Å². The van der Waals surface area contributed by atoms with Gasteiger partial charge in [-0.3, -0.25) is 0 Å². The molecule has 0 spiro atoms. The van der Waals surface area contributed by atoms with Crippen molar-refractivity contribution in [3.05, 3.63) is 69.2 Å². The highest BCUT2D eigenvalue weighted by Gasteiger charge is 2.19. The number of nitrogens with one attached hydrogen (secondary N) is 1. The lowest BCUT2D eigenvalue weighted by atomic mass is 10.0. The predicted octanol–water partition coefficient (Wildman–Crippen LogP) is 4.64. The van der Waals surface area contributed by atoms with Crippen molar-refractivity contribution in [1.29, 1.82) is 0 Å². The van der Waals surface area contributed by atoms with Crippen LogP contribution in [0.1, 0.15) is 34.1 Å². The van der Waals surface area contributed by atoms with Gasteiger partial charge in [0.05, 0.1) is 39.7 Å². The second-order valence-electron chi connectivity index (χ2n) is 6.14. The van der Waals surface area contributed by atoms with Crippen LogP contribution in [0.5, 0.6) is 0 Å². The van der Waals surface area contributed by atoms with Crippen molar-refractivity contribution >= 4 is 35.0 Å². The molecule has 0 saturated carbocycles. The fourth-order valence-electron chi connectivity index (χ4n) is 2.80. The van der Waals surface area contributed by atoms with Crippen LogP contribution in [0.4, 0.5) is 5.82 Å². The molecule has 152 valence electrons. The van der Waals surface area contributed by atoms with Crippen molar-refractivity contribution in [2.75, 3.05) is 19.5 Å². The van der Waals surface area contributed by atoms with Crippen LogP contribution >= 0.6 is 23.2 Å². The quantitative estimate of drug-likeness (QED) is 0.470. The van der Waals surface area contributed by atoms with Gasteiger partial charge in [-0.15, -0.1) is 0 Å². The van der Waals surface area contributed by atoms with Crippen LogP contribution < -0.4 is 5.32 Å². The Labute approximate surface area is 184 Å². The number of esters is 1. The minimum atomic E-state index is -0.606. The molecule has 1 N–H and O–H groups in total. The number of ether oxygens (including phenoxy) is 1. The van der Waals surface area contributed by atoms with Gasteiger partial charge in [-0.25, -0.2) is 19.7 Å². The molecule has 6 nitrogen and oxygen atoms in total.